The number of nitro benzene ring substituents is 1. The van der Waals surface area contributed by atoms with Crippen LogP contribution in [0.1, 0.15) is 5.56 Å². The van der Waals surface area contributed by atoms with Crippen LogP contribution in [0, 0.1) is 10.1 Å². The van der Waals surface area contributed by atoms with Crippen LogP contribution in [0.5, 0.6) is 5.75 Å². The van der Waals surface area contributed by atoms with Crippen LogP contribution in [-0.2, 0) is 6.18 Å². The maximum atomic E-state index is 12.6. The molecule has 0 radical (unpaired) electrons. The highest BCUT2D eigenvalue weighted by Gasteiger charge is 2.33. The normalized spacial score (nSPS) is 10.9. The molecule has 0 fully saturated rings. The van der Waals surface area contributed by atoms with Gasteiger partial charge in [-0.05, 0) is 24.3 Å². The summed E-state index contributed by atoms with van der Waals surface area (Å²) >= 11 is 0. The Morgan fingerprint density at radius 3 is 2.18 bits per heavy atom. The Morgan fingerprint density at radius 1 is 1.09 bits per heavy atom. The third-order valence-corrected chi connectivity index (χ3v) is 2.83. The van der Waals surface area contributed by atoms with E-state index < -0.39 is 22.4 Å². The van der Waals surface area contributed by atoms with Gasteiger partial charge in [-0.3, -0.25) is 10.1 Å². The lowest BCUT2D eigenvalue weighted by atomic mass is 10.00. The summed E-state index contributed by atoms with van der Waals surface area (Å²) in [5, 5.41) is 20.7. The fourth-order valence-electron chi connectivity index (χ4n) is 1.86. The van der Waals surface area contributed by atoms with Crippen LogP contribution in [0.4, 0.5) is 24.5 Å². The van der Waals surface area contributed by atoms with Gasteiger partial charge < -0.3 is 10.8 Å². The smallest absolute Gasteiger partial charge is 0.416 e. The highest BCUT2D eigenvalue weighted by atomic mass is 35.5. The van der Waals surface area contributed by atoms with E-state index in [4.69, 9.17) is 5.73 Å². The van der Waals surface area contributed by atoms with Crippen LogP contribution in [0.3, 0.4) is 0 Å². The zero-order valence-electron chi connectivity index (χ0n) is 10.8. The first kappa shape index (κ1) is 17.6. The quantitative estimate of drug-likeness (QED) is 0.493. The minimum Gasteiger partial charge on any atom is -0.507 e. The molecule has 2 rings (SSSR count). The molecule has 3 N–H and O–H groups in total. The Bertz CT molecular complexity index is 720. The van der Waals surface area contributed by atoms with Crippen molar-refractivity contribution in [2.75, 3.05) is 5.73 Å². The number of halogens is 4. The first-order valence-electron chi connectivity index (χ1n) is 5.64. The van der Waals surface area contributed by atoms with Crippen LogP contribution in [0.15, 0.2) is 36.4 Å². The van der Waals surface area contributed by atoms with Gasteiger partial charge in [0.1, 0.15) is 5.75 Å². The van der Waals surface area contributed by atoms with E-state index in [2.05, 4.69) is 0 Å². The van der Waals surface area contributed by atoms with E-state index in [1.54, 1.807) is 0 Å². The maximum absolute atomic E-state index is 12.6. The second-order valence-electron chi connectivity index (χ2n) is 4.26. The summed E-state index contributed by atoms with van der Waals surface area (Å²) in [6.45, 7) is 0. The second kappa shape index (κ2) is 6.10. The van der Waals surface area contributed by atoms with Gasteiger partial charge >= 0.3 is 6.18 Å². The van der Waals surface area contributed by atoms with Gasteiger partial charge in [0.15, 0.2) is 0 Å². The molecular weight excluding hydrogens is 325 g/mol. The number of hydrogen-bond acceptors (Lipinski definition) is 4. The summed E-state index contributed by atoms with van der Waals surface area (Å²) in [5.41, 5.74) is 3.70. The Hall–Kier alpha value is -2.48. The monoisotopic (exact) mass is 334 g/mol. The SMILES string of the molecule is Cl.Nc1ccc(-c2ccc(C(F)(F)F)cc2[N+](=O)[O-])c(O)c1. The molecule has 0 aliphatic carbocycles. The molecule has 0 unspecified atom stereocenters. The summed E-state index contributed by atoms with van der Waals surface area (Å²) in [6.07, 6.45) is -4.69. The van der Waals surface area contributed by atoms with Gasteiger partial charge in [-0.25, -0.2) is 0 Å². The van der Waals surface area contributed by atoms with Crippen molar-refractivity contribution in [2.24, 2.45) is 0 Å². The number of nitrogens with two attached hydrogens (primary N) is 1. The van der Waals surface area contributed by atoms with Crippen molar-refractivity contribution >= 4 is 23.8 Å². The lowest BCUT2D eigenvalue weighted by Crippen LogP contribution is -2.06. The van der Waals surface area contributed by atoms with Gasteiger partial charge in [-0.15, -0.1) is 12.4 Å². The molecule has 0 spiro atoms. The van der Waals surface area contributed by atoms with Crippen molar-refractivity contribution in [3.05, 3.63) is 52.1 Å². The molecule has 0 amide bonds. The summed E-state index contributed by atoms with van der Waals surface area (Å²) in [5.74, 6) is -0.349. The Morgan fingerprint density at radius 2 is 1.68 bits per heavy atom. The van der Waals surface area contributed by atoms with E-state index >= 15 is 0 Å². The number of phenols is 1. The van der Waals surface area contributed by atoms with Gasteiger partial charge in [0.25, 0.3) is 5.69 Å². The van der Waals surface area contributed by atoms with Crippen molar-refractivity contribution in [1.82, 2.24) is 0 Å². The van der Waals surface area contributed by atoms with E-state index in [1.807, 2.05) is 0 Å². The summed E-state index contributed by atoms with van der Waals surface area (Å²) in [4.78, 5) is 10.1. The standard InChI is InChI=1S/C13H9F3N2O3.ClH/c14-13(15,16)7-1-3-9(11(5-7)18(20)21)10-4-2-8(17)6-12(10)19;/h1-6,19H,17H2;1H. The topological polar surface area (TPSA) is 89.4 Å². The predicted molar refractivity (Wildman–Crippen MR) is 76.9 cm³/mol. The van der Waals surface area contributed by atoms with Gasteiger partial charge in [0.2, 0.25) is 0 Å². The molecule has 0 aliphatic heterocycles. The predicted octanol–water partition coefficient (Wildman–Crippen LogP) is 3.99. The molecule has 118 valence electrons. The number of alkyl halides is 3. The first-order valence-corrected chi connectivity index (χ1v) is 5.64. The molecule has 2 aromatic carbocycles. The number of benzene rings is 2. The molecule has 0 bridgehead atoms. The number of nitrogen functional groups attached to an aromatic ring is 1. The Labute approximate surface area is 128 Å². The number of hydrogen-bond donors (Lipinski definition) is 2. The van der Waals surface area contributed by atoms with Crippen LogP contribution < -0.4 is 5.73 Å². The molecule has 0 saturated carbocycles. The molecule has 0 heterocycles. The van der Waals surface area contributed by atoms with Gasteiger partial charge in [0, 0.05) is 23.4 Å². The molecule has 2 aromatic rings. The van der Waals surface area contributed by atoms with Gasteiger partial charge in [-0.2, -0.15) is 13.2 Å². The van der Waals surface area contributed by atoms with E-state index in [-0.39, 0.29) is 35.0 Å². The number of anilines is 1. The molecule has 9 heteroatoms. The van der Waals surface area contributed by atoms with Crippen molar-refractivity contribution in [3.8, 4) is 16.9 Å². The minimum atomic E-state index is -4.69. The third kappa shape index (κ3) is 3.40. The van der Waals surface area contributed by atoms with E-state index in [0.29, 0.717) is 6.07 Å². The largest absolute Gasteiger partial charge is 0.507 e. The van der Waals surface area contributed by atoms with Crippen LogP contribution in [0.2, 0.25) is 0 Å². The lowest BCUT2D eigenvalue weighted by Gasteiger charge is -2.10. The van der Waals surface area contributed by atoms with Gasteiger partial charge in [0.05, 0.1) is 16.1 Å². The number of rotatable bonds is 2. The molecule has 0 aliphatic rings. The van der Waals surface area contributed by atoms with Crippen molar-refractivity contribution < 1.29 is 23.2 Å². The third-order valence-electron chi connectivity index (χ3n) is 2.83. The Balaban J connectivity index is 0.00000242. The number of aromatic hydroxyl groups is 1. The van der Waals surface area contributed by atoms with E-state index in [9.17, 15) is 28.4 Å². The van der Waals surface area contributed by atoms with Crippen molar-refractivity contribution in [1.29, 1.82) is 0 Å². The van der Waals surface area contributed by atoms with E-state index in [1.165, 1.54) is 12.1 Å². The average Bonchev–Trinajstić information content (AvgIpc) is 2.37. The van der Waals surface area contributed by atoms with Crippen LogP contribution in [0.25, 0.3) is 11.1 Å². The summed E-state index contributed by atoms with van der Waals surface area (Å²) in [6, 6.07) is 5.96. The van der Waals surface area contributed by atoms with E-state index in [0.717, 1.165) is 18.2 Å². The van der Waals surface area contributed by atoms with Crippen LogP contribution in [-0.4, -0.2) is 10.0 Å². The van der Waals surface area contributed by atoms with Crippen molar-refractivity contribution in [2.45, 2.75) is 6.18 Å². The molecule has 0 saturated heterocycles. The molecule has 5 nitrogen and oxygen atoms in total. The second-order valence-corrected chi connectivity index (χ2v) is 4.26. The summed E-state index contributed by atoms with van der Waals surface area (Å²) in [7, 11) is 0. The first-order chi connectivity index (χ1) is 9.70. The Kier molecular flexibility index (Phi) is 4.87. The highest BCUT2D eigenvalue weighted by Crippen LogP contribution is 2.40. The lowest BCUT2D eigenvalue weighted by molar-refractivity contribution is -0.384. The van der Waals surface area contributed by atoms with Crippen molar-refractivity contribution in [3.63, 3.8) is 0 Å². The van der Waals surface area contributed by atoms with Crippen LogP contribution >= 0.6 is 12.4 Å². The molecule has 22 heavy (non-hydrogen) atoms. The molecule has 0 atom stereocenters. The highest BCUT2D eigenvalue weighted by molar-refractivity contribution is 5.85. The molecule has 0 aromatic heterocycles. The summed E-state index contributed by atoms with van der Waals surface area (Å²) < 4.78 is 37.8. The average molecular weight is 335 g/mol. The maximum Gasteiger partial charge on any atom is 0.416 e. The fraction of sp³-hybridized carbons (Fsp3) is 0.0769. The van der Waals surface area contributed by atoms with Gasteiger partial charge in [-0.1, -0.05) is 0 Å². The fourth-order valence-corrected chi connectivity index (χ4v) is 1.86. The number of nitrogens with zero attached hydrogens (tertiary/aromatic N) is 1. The zero-order valence-corrected chi connectivity index (χ0v) is 11.6. The molecular formula is C13H10ClF3N2O3. The minimum absolute atomic E-state index is 0. The number of phenolic OH excluding ortho intramolecular Hbond substituents is 1. The zero-order chi connectivity index (χ0) is 15.8. The number of nitro groups is 1.